The molecule has 0 radical (unpaired) electrons. The number of para-hydroxylation sites is 1. The highest BCUT2D eigenvalue weighted by Crippen LogP contribution is 2.32. The van der Waals surface area contributed by atoms with E-state index in [-0.39, 0.29) is 0 Å². The van der Waals surface area contributed by atoms with Gasteiger partial charge >= 0.3 is 0 Å². The van der Waals surface area contributed by atoms with Gasteiger partial charge in [0, 0.05) is 12.6 Å². The third kappa shape index (κ3) is 4.44. The van der Waals surface area contributed by atoms with Crippen molar-refractivity contribution in [2.75, 3.05) is 13.2 Å². The molecule has 4 heteroatoms. The molecule has 0 aliphatic heterocycles. The standard InChI is InChI=1S/C12H17Br2NO/c1-3-9(2)15-7-8-16-12-10(13)5-4-6-11(12)14/h4-6,9,15H,3,7-8H2,1-2H3. The van der Waals surface area contributed by atoms with Gasteiger partial charge in [-0.3, -0.25) is 0 Å². The van der Waals surface area contributed by atoms with Crippen molar-refractivity contribution in [3.63, 3.8) is 0 Å². The number of hydrogen-bond donors (Lipinski definition) is 1. The molecule has 0 saturated heterocycles. The summed E-state index contributed by atoms with van der Waals surface area (Å²) >= 11 is 6.93. The van der Waals surface area contributed by atoms with Crippen molar-refractivity contribution in [1.29, 1.82) is 0 Å². The summed E-state index contributed by atoms with van der Waals surface area (Å²) in [6, 6.07) is 6.47. The van der Waals surface area contributed by atoms with Crippen LogP contribution in [0, 0.1) is 0 Å². The predicted molar refractivity (Wildman–Crippen MR) is 75.1 cm³/mol. The molecule has 1 atom stereocenters. The average Bonchev–Trinajstić information content (AvgIpc) is 2.27. The zero-order valence-electron chi connectivity index (χ0n) is 9.59. The fraction of sp³-hybridized carbons (Fsp3) is 0.500. The van der Waals surface area contributed by atoms with Crippen LogP contribution in [0.3, 0.4) is 0 Å². The van der Waals surface area contributed by atoms with Gasteiger partial charge in [0.15, 0.2) is 0 Å². The van der Waals surface area contributed by atoms with Gasteiger partial charge in [-0.1, -0.05) is 13.0 Å². The molecular formula is C12H17Br2NO. The lowest BCUT2D eigenvalue weighted by molar-refractivity contribution is 0.302. The molecule has 0 saturated carbocycles. The minimum atomic E-state index is 0.547. The number of nitrogens with one attached hydrogen (secondary N) is 1. The second-order valence-corrected chi connectivity index (χ2v) is 5.37. The van der Waals surface area contributed by atoms with Gasteiger partial charge in [-0.05, 0) is 57.3 Å². The van der Waals surface area contributed by atoms with E-state index in [2.05, 4.69) is 51.0 Å². The van der Waals surface area contributed by atoms with Gasteiger partial charge < -0.3 is 10.1 Å². The highest BCUT2D eigenvalue weighted by atomic mass is 79.9. The van der Waals surface area contributed by atoms with E-state index in [0.29, 0.717) is 12.6 Å². The number of hydrogen-bond acceptors (Lipinski definition) is 2. The number of rotatable bonds is 6. The fourth-order valence-electron chi connectivity index (χ4n) is 1.22. The van der Waals surface area contributed by atoms with E-state index >= 15 is 0 Å². The topological polar surface area (TPSA) is 21.3 Å². The van der Waals surface area contributed by atoms with Crippen molar-refractivity contribution in [2.45, 2.75) is 26.3 Å². The van der Waals surface area contributed by atoms with Gasteiger partial charge in [-0.15, -0.1) is 0 Å². The Labute approximate surface area is 114 Å². The highest BCUT2D eigenvalue weighted by molar-refractivity contribution is 9.11. The third-order valence-electron chi connectivity index (χ3n) is 2.37. The molecule has 0 aliphatic rings. The second-order valence-electron chi connectivity index (χ2n) is 3.66. The Kier molecular flexibility index (Phi) is 6.39. The highest BCUT2D eigenvalue weighted by Gasteiger charge is 2.05. The van der Waals surface area contributed by atoms with Crippen LogP contribution in [0.25, 0.3) is 0 Å². The van der Waals surface area contributed by atoms with E-state index in [1.54, 1.807) is 0 Å². The molecule has 1 rings (SSSR count). The third-order valence-corrected chi connectivity index (χ3v) is 3.62. The molecule has 0 spiro atoms. The van der Waals surface area contributed by atoms with Crippen molar-refractivity contribution >= 4 is 31.9 Å². The Morgan fingerprint density at radius 1 is 1.31 bits per heavy atom. The maximum Gasteiger partial charge on any atom is 0.147 e. The first-order valence-corrected chi connectivity index (χ1v) is 7.04. The summed E-state index contributed by atoms with van der Waals surface area (Å²) in [6.07, 6.45) is 1.14. The summed E-state index contributed by atoms with van der Waals surface area (Å²) < 4.78 is 7.66. The van der Waals surface area contributed by atoms with Gasteiger partial charge in [0.25, 0.3) is 0 Å². The molecule has 0 amide bonds. The lowest BCUT2D eigenvalue weighted by atomic mass is 10.3. The largest absolute Gasteiger partial charge is 0.490 e. The molecule has 1 aromatic rings. The van der Waals surface area contributed by atoms with Crippen molar-refractivity contribution in [2.24, 2.45) is 0 Å². The molecule has 1 unspecified atom stereocenters. The lowest BCUT2D eigenvalue weighted by Gasteiger charge is -2.13. The Morgan fingerprint density at radius 3 is 2.50 bits per heavy atom. The normalized spacial score (nSPS) is 12.5. The molecule has 0 aliphatic carbocycles. The SMILES string of the molecule is CCC(C)NCCOc1c(Br)cccc1Br. The van der Waals surface area contributed by atoms with E-state index in [1.165, 1.54) is 0 Å². The smallest absolute Gasteiger partial charge is 0.147 e. The molecule has 1 aromatic carbocycles. The molecule has 0 aromatic heterocycles. The zero-order valence-corrected chi connectivity index (χ0v) is 12.8. The summed E-state index contributed by atoms with van der Waals surface area (Å²) in [5.74, 6) is 0.869. The summed E-state index contributed by atoms with van der Waals surface area (Å²) in [4.78, 5) is 0. The average molecular weight is 351 g/mol. The molecule has 0 heterocycles. The summed E-state index contributed by atoms with van der Waals surface area (Å²) in [5, 5.41) is 3.39. The number of benzene rings is 1. The zero-order chi connectivity index (χ0) is 12.0. The van der Waals surface area contributed by atoms with E-state index < -0.39 is 0 Å². The predicted octanol–water partition coefficient (Wildman–Crippen LogP) is 3.98. The monoisotopic (exact) mass is 349 g/mol. The molecular weight excluding hydrogens is 334 g/mol. The molecule has 0 fully saturated rings. The van der Waals surface area contributed by atoms with Gasteiger partial charge in [-0.25, -0.2) is 0 Å². The van der Waals surface area contributed by atoms with E-state index in [9.17, 15) is 0 Å². The van der Waals surface area contributed by atoms with Crippen LogP contribution in [0.15, 0.2) is 27.1 Å². The Bertz CT molecular complexity index is 311. The number of halogens is 2. The van der Waals surface area contributed by atoms with Gasteiger partial charge in [0.2, 0.25) is 0 Å². The van der Waals surface area contributed by atoms with Crippen LogP contribution >= 0.6 is 31.9 Å². The van der Waals surface area contributed by atoms with E-state index in [1.807, 2.05) is 18.2 Å². The fourth-order valence-corrected chi connectivity index (χ4v) is 2.45. The van der Waals surface area contributed by atoms with Crippen LogP contribution in [-0.4, -0.2) is 19.2 Å². The number of ether oxygens (including phenoxy) is 1. The van der Waals surface area contributed by atoms with Crippen molar-refractivity contribution in [3.05, 3.63) is 27.1 Å². The van der Waals surface area contributed by atoms with Gasteiger partial charge in [0.1, 0.15) is 12.4 Å². The first-order valence-electron chi connectivity index (χ1n) is 5.45. The van der Waals surface area contributed by atoms with Crippen molar-refractivity contribution in [3.8, 4) is 5.75 Å². The van der Waals surface area contributed by atoms with Crippen LogP contribution < -0.4 is 10.1 Å². The van der Waals surface area contributed by atoms with Crippen LogP contribution in [0.2, 0.25) is 0 Å². The Morgan fingerprint density at radius 2 is 1.94 bits per heavy atom. The molecule has 16 heavy (non-hydrogen) atoms. The molecule has 0 bridgehead atoms. The quantitative estimate of drug-likeness (QED) is 0.783. The maximum absolute atomic E-state index is 5.71. The second kappa shape index (κ2) is 7.30. The minimum absolute atomic E-state index is 0.547. The van der Waals surface area contributed by atoms with Crippen LogP contribution in [0.5, 0.6) is 5.75 Å². The van der Waals surface area contributed by atoms with E-state index in [0.717, 1.165) is 27.7 Å². The Hall–Kier alpha value is -0.0600. The summed E-state index contributed by atoms with van der Waals surface area (Å²) in [5.41, 5.74) is 0. The van der Waals surface area contributed by atoms with Crippen LogP contribution in [-0.2, 0) is 0 Å². The first kappa shape index (κ1) is 14.0. The van der Waals surface area contributed by atoms with Crippen LogP contribution in [0.1, 0.15) is 20.3 Å². The maximum atomic E-state index is 5.71. The minimum Gasteiger partial charge on any atom is -0.490 e. The van der Waals surface area contributed by atoms with Crippen LogP contribution in [0.4, 0.5) is 0 Å². The molecule has 1 N–H and O–H groups in total. The van der Waals surface area contributed by atoms with Gasteiger partial charge in [-0.2, -0.15) is 0 Å². The summed E-state index contributed by atoms with van der Waals surface area (Å²) in [6.45, 7) is 5.88. The Balaban J connectivity index is 2.37. The van der Waals surface area contributed by atoms with Gasteiger partial charge in [0.05, 0.1) is 8.95 Å². The van der Waals surface area contributed by atoms with E-state index in [4.69, 9.17) is 4.74 Å². The van der Waals surface area contributed by atoms with Crippen molar-refractivity contribution in [1.82, 2.24) is 5.32 Å². The first-order chi connectivity index (χ1) is 7.65. The molecule has 2 nitrogen and oxygen atoms in total. The lowest BCUT2D eigenvalue weighted by Crippen LogP contribution is -2.29. The van der Waals surface area contributed by atoms with Crippen molar-refractivity contribution < 1.29 is 4.74 Å². The summed E-state index contributed by atoms with van der Waals surface area (Å²) in [7, 11) is 0. The molecule has 90 valence electrons.